The average molecular weight is 274 g/mol. The molecule has 0 saturated carbocycles. The van der Waals surface area contributed by atoms with Crippen molar-refractivity contribution in [3.63, 3.8) is 0 Å². The number of aryl methyl sites for hydroxylation is 1. The van der Waals surface area contributed by atoms with E-state index >= 15 is 0 Å². The van der Waals surface area contributed by atoms with Crippen LogP contribution in [0.4, 0.5) is 4.79 Å². The minimum Gasteiger partial charge on any atom is -0.466 e. The number of carbonyl (C=O) groups excluding carboxylic acids is 2. The predicted molar refractivity (Wildman–Crippen MR) is 74.9 cm³/mol. The van der Waals surface area contributed by atoms with Crippen molar-refractivity contribution in [3.8, 4) is 0 Å². The van der Waals surface area contributed by atoms with Gasteiger partial charge in [0, 0.05) is 12.7 Å². The summed E-state index contributed by atoms with van der Waals surface area (Å²) in [6.45, 7) is 3.71. The first-order chi connectivity index (χ1) is 9.45. The number of ether oxygens (including phenoxy) is 1. The van der Waals surface area contributed by atoms with Gasteiger partial charge in [-0.3, -0.25) is 0 Å². The minimum absolute atomic E-state index is 0.235. The lowest BCUT2D eigenvalue weighted by Crippen LogP contribution is -2.46. The number of hydrogen-bond donors (Lipinski definition) is 1. The molecule has 1 heterocycles. The fraction of sp³-hybridized carbons (Fsp3) is 0.333. The Kier molecular flexibility index (Phi) is 3.79. The summed E-state index contributed by atoms with van der Waals surface area (Å²) in [7, 11) is 2.96. The van der Waals surface area contributed by atoms with Crippen molar-refractivity contribution < 1.29 is 14.3 Å². The van der Waals surface area contributed by atoms with Crippen LogP contribution in [0.3, 0.4) is 0 Å². The second-order valence-corrected chi connectivity index (χ2v) is 4.85. The van der Waals surface area contributed by atoms with E-state index in [1.54, 1.807) is 14.0 Å². The Balaban J connectivity index is 2.55. The van der Waals surface area contributed by atoms with Gasteiger partial charge in [0.1, 0.15) is 0 Å². The van der Waals surface area contributed by atoms with Gasteiger partial charge in [0.2, 0.25) is 0 Å². The van der Waals surface area contributed by atoms with Gasteiger partial charge in [-0.05, 0) is 19.4 Å². The zero-order chi connectivity index (χ0) is 14.9. The lowest BCUT2D eigenvalue weighted by Gasteiger charge is -2.33. The van der Waals surface area contributed by atoms with Crippen LogP contribution < -0.4 is 5.32 Å². The van der Waals surface area contributed by atoms with E-state index in [2.05, 4.69) is 5.32 Å². The van der Waals surface area contributed by atoms with E-state index < -0.39 is 12.0 Å². The van der Waals surface area contributed by atoms with Crippen molar-refractivity contribution in [2.45, 2.75) is 19.9 Å². The van der Waals surface area contributed by atoms with Gasteiger partial charge >= 0.3 is 12.0 Å². The maximum absolute atomic E-state index is 12.0. The van der Waals surface area contributed by atoms with E-state index in [0.717, 1.165) is 11.1 Å². The summed E-state index contributed by atoms with van der Waals surface area (Å²) in [6, 6.07) is 6.99. The van der Waals surface area contributed by atoms with Crippen LogP contribution in [0.2, 0.25) is 0 Å². The van der Waals surface area contributed by atoms with Crippen LogP contribution in [0.5, 0.6) is 0 Å². The van der Waals surface area contributed by atoms with Crippen LogP contribution in [0.15, 0.2) is 35.5 Å². The molecule has 1 aliphatic heterocycles. The Labute approximate surface area is 118 Å². The number of allylic oxidation sites excluding steroid dienone is 1. The Morgan fingerprint density at radius 2 is 2.05 bits per heavy atom. The van der Waals surface area contributed by atoms with Crippen LogP contribution in [-0.4, -0.2) is 31.1 Å². The second kappa shape index (κ2) is 5.36. The first-order valence-electron chi connectivity index (χ1n) is 6.35. The van der Waals surface area contributed by atoms with Gasteiger partial charge in [0.15, 0.2) is 0 Å². The first kappa shape index (κ1) is 14.1. The molecule has 5 nitrogen and oxygen atoms in total. The highest BCUT2D eigenvalue weighted by atomic mass is 16.5. The molecule has 20 heavy (non-hydrogen) atoms. The molecule has 0 fully saturated rings. The maximum atomic E-state index is 12.0. The summed E-state index contributed by atoms with van der Waals surface area (Å²) in [4.78, 5) is 25.4. The van der Waals surface area contributed by atoms with E-state index in [4.69, 9.17) is 4.74 Å². The number of hydrogen-bond acceptors (Lipinski definition) is 3. The molecule has 1 aromatic rings. The van der Waals surface area contributed by atoms with E-state index in [0.29, 0.717) is 11.3 Å². The number of rotatable bonds is 2. The zero-order valence-corrected chi connectivity index (χ0v) is 12.1. The summed E-state index contributed by atoms with van der Waals surface area (Å²) < 4.78 is 4.85. The van der Waals surface area contributed by atoms with Gasteiger partial charge in [-0.1, -0.05) is 29.8 Å². The van der Waals surface area contributed by atoms with Crippen LogP contribution in [0.1, 0.15) is 24.1 Å². The van der Waals surface area contributed by atoms with Gasteiger partial charge in [0.05, 0.1) is 18.7 Å². The van der Waals surface area contributed by atoms with Crippen LogP contribution in [0.25, 0.3) is 0 Å². The summed E-state index contributed by atoms with van der Waals surface area (Å²) in [5.41, 5.74) is 3.00. The topological polar surface area (TPSA) is 58.6 Å². The molecule has 2 amide bonds. The molecule has 106 valence electrons. The summed E-state index contributed by atoms with van der Waals surface area (Å²) in [5.74, 6) is -0.430. The molecule has 1 aliphatic rings. The molecule has 1 N–H and O–H groups in total. The van der Waals surface area contributed by atoms with Gasteiger partial charge in [-0.15, -0.1) is 0 Å². The van der Waals surface area contributed by atoms with Gasteiger partial charge in [0.25, 0.3) is 0 Å². The van der Waals surface area contributed by atoms with E-state index in [9.17, 15) is 9.59 Å². The van der Waals surface area contributed by atoms with E-state index in [1.165, 1.54) is 12.0 Å². The molecule has 0 saturated heterocycles. The number of nitrogens with zero attached hydrogens (tertiary/aromatic N) is 1. The van der Waals surface area contributed by atoms with E-state index in [1.807, 2.05) is 31.2 Å². The van der Waals surface area contributed by atoms with Crippen molar-refractivity contribution in [1.29, 1.82) is 0 Å². The van der Waals surface area contributed by atoms with Gasteiger partial charge in [-0.25, -0.2) is 9.59 Å². The molecule has 0 bridgehead atoms. The largest absolute Gasteiger partial charge is 0.466 e. The summed E-state index contributed by atoms with van der Waals surface area (Å²) >= 11 is 0. The molecule has 1 unspecified atom stereocenters. The third kappa shape index (κ3) is 2.39. The molecule has 1 aromatic carbocycles. The highest BCUT2D eigenvalue weighted by Gasteiger charge is 2.34. The second-order valence-electron chi connectivity index (χ2n) is 4.85. The van der Waals surface area contributed by atoms with Crippen LogP contribution >= 0.6 is 0 Å². The molecule has 5 heteroatoms. The SMILES string of the molecule is COC(=O)C1=C(C)N(C)C(=O)NC1c1cccc(C)c1. The fourth-order valence-electron chi connectivity index (χ4n) is 2.31. The van der Waals surface area contributed by atoms with E-state index in [-0.39, 0.29) is 6.03 Å². The molecular formula is C15H18N2O3. The number of benzene rings is 1. The summed E-state index contributed by atoms with van der Waals surface area (Å²) in [5, 5.41) is 2.83. The summed E-state index contributed by atoms with van der Waals surface area (Å²) in [6.07, 6.45) is 0. The predicted octanol–water partition coefficient (Wildman–Crippen LogP) is 2.14. The van der Waals surface area contributed by atoms with Crippen LogP contribution in [0, 0.1) is 6.92 Å². The van der Waals surface area contributed by atoms with Crippen molar-refractivity contribution in [2.75, 3.05) is 14.2 Å². The molecule has 0 aromatic heterocycles. The number of nitrogens with one attached hydrogen (secondary N) is 1. The van der Waals surface area contributed by atoms with Crippen LogP contribution in [-0.2, 0) is 9.53 Å². The van der Waals surface area contributed by atoms with Crippen molar-refractivity contribution in [2.24, 2.45) is 0 Å². The van der Waals surface area contributed by atoms with Crippen molar-refractivity contribution >= 4 is 12.0 Å². The number of esters is 1. The van der Waals surface area contributed by atoms with Crippen molar-refractivity contribution in [1.82, 2.24) is 10.2 Å². The first-order valence-corrected chi connectivity index (χ1v) is 6.35. The van der Waals surface area contributed by atoms with Gasteiger partial charge in [-0.2, -0.15) is 0 Å². The smallest absolute Gasteiger partial charge is 0.337 e. The Bertz CT molecular complexity index is 593. The molecule has 0 spiro atoms. The Morgan fingerprint density at radius 3 is 2.65 bits per heavy atom. The number of urea groups is 1. The molecule has 0 aliphatic carbocycles. The Morgan fingerprint density at radius 1 is 1.35 bits per heavy atom. The standard InChI is InChI=1S/C15H18N2O3/c1-9-6-5-7-11(8-9)13-12(14(18)20-4)10(2)17(3)15(19)16-13/h5-8,13H,1-4H3,(H,16,19). The maximum Gasteiger partial charge on any atom is 0.337 e. The third-order valence-electron chi connectivity index (χ3n) is 3.53. The quantitative estimate of drug-likeness (QED) is 0.841. The lowest BCUT2D eigenvalue weighted by atomic mass is 9.94. The lowest BCUT2D eigenvalue weighted by molar-refractivity contribution is -0.136. The van der Waals surface area contributed by atoms with Gasteiger partial charge < -0.3 is 15.0 Å². The highest BCUT2D eigenvalue weighted by molar-refractivity contribution is 5.94. The third-order valence-corrected chi connectivity index (χ3v) is 3.53. The number of methoxy groups -OCH3 is 1. The minimum atomic E-state index is -0.481. The normalized spacial score (nSPS) is 18.9. The fourth-order valence-corrected chi connectivity index (χ4v) is 2.31. The monoisotopic (exact) mass is 274 g/mol. The highest BCUT2D eigenvalue weighted by Crippen LogP contribution is 2.30. The zero-order valence-electron chi connectivity index (χ0n) is 12.1. The average Bonchev–Trinajstić information content (AvgIpc) is 2.43. The molecular weight excluding hydrogens is 256 g/mol. The molecule has 1 atom stereocenters. The van der Waals surface area contributed by atoms with Crippen molar-refractivity contribution in [3.05, 3.63) is 46.7 Å². The Hall–Kier alpha value is -2.30. The molecule has 0 radical (unpaired) electrons. The number of amides is 2. The molecule has 2 rings (SSSR count). The number of carbonyl (C=O) groups is 2.